The average Bonchev–Trinajstić information content (AvgIpc) is 2.98. The Bertz CT molecular complexity index is 1360. The Morgan fingerprint density at radius 3 is 2.58 bits per heavy atom. The number of rotatable bonds is 6. The van der Waals surface area contributed by atoms with Gasteiger partial charge < -0.3 is 29.7 Å². The van der Waals surface area contributed by atoms with Crippen LogP contribution in [0.4, 0.5) is 30.6 Å². The van der Waals surface area contributed by atoms with Crippen molar-refractivity contribution in [3.8, 4) is 11.3 Å². The van der Waals surface area contributed by atoms with Gasteiger partial charge in [0.05, 0.1) is 50.3 Å². The van der Waals surface area contributed by atoms with Gasteiger partial charge in [-0.1, -0.05) is 12.1 Å². The van der Waals surface area contributed by atoms with Crippen LogP contribution in [0.1, 0.15) is 21.5 Å². The van der Waals surface area contributed by atoms with Gasteiger partial charge in [0.25, 0.3) is 5.91 Å². The van der Waals surface area contributed by atoms with Crippen molar-refractivity contribution < 1.29 is 32.5 Å². The molecule has 0 saturated carbocycles. The molecule has 9 nitrogen and oxygen atoms in total. The molecule has 0 bridgehead atoms. The van der Waals surface area contributed by atoms with Gasteiger partial charge in [-0.25, -0.2) is 4.98 Å². The fourth-order valence-corrected chi connectivity index (χ4v) is 4.74. The maximum absolute atomic E-state index is 13.1. The molecule has 2 aliphatic rings. The number of halogens is 3. The monoisotopic (exact) mass is 557 g/mol. The van der Waals surface area contributed by atoms with Gasteiger partial charge in [-0.15, -0.1) is 0 Å². The Hall–Kier alpha value is -3.74. The van der Waals surface area contributed by atoms with Gasteiger partial charge in [0.2, 0.25) is 5.95 Å². The molecule has 1 amide bonds. The van der Waals surface area contributed by atoms with E-state index in [2.05, 4.69) is 5.32 Å². The summed E-state index contributed by atoms with van der Waals surface area (Å²) in [6, 6.07) is 11.2. The summed E-state index contributed by atoms with van der Waals surface area (Å²) >= 11 is 0. The normalized spacial score (nSPS) is 18.1. The smallest absolute Gasteiger partial charge is 0.394 e. The molecular weight excluding hydrogens is 527 g/mol. The van der Waals surface area contributed by atoms with Gasteiger partial charge in [-0.05, 0) is 42.8 Å². The summed E-state index contributed by atoms with van der Waals surface area (Å²) in [5, 5.41) is 12.7. The third-order valence-corrected chi connectivity index (χ3v) is 6.95. The van der Waals surface area contributed by atoms with Crippen LogP contribution in [0, 0.1) is 6.92 Å². The number of aliphatic hydroxyl groups excluding tert-OH is 1. The van der Waals surface area contributed by atoms with Crippen molar-refractivity contribution in [1.29, 1.82) is 0 Å². The second kappa shape index (κ2) is 11.8. The van der Waals surface area contributed by atoms with Crippen molar-refractivity contribution in [2.24, 2.45) is 0 Å². The third kappa shape index (κ3) is 6.19. The Kier molecular flexibility index (Phi) is 8.19. The number of alkyl halides is 3. The van der Waals surface area contributed by atoms with E-state index >= 15 is 0 Å². The minimum atomic E-state index is -4.55. The van der Waals surface area contributed by atoms with E-state index in [0.717, 1.165) is 23.3 Å². The molecule has 212 valence electrons. The first-order valence-electron chi connectivity index (χ1n) is 13.0. The van der Waals surface area contributed by atoms with Gasteiger partial charge in [-0.3, -0.25) is 4.79 Å². The van der Waals surface area contributed by atoms with Crippen LogP contribution in [0.25, 0.3) is 11.3 Å². The summed E-state index contributed by atoms with van der Waals surface area (Å²) in [5.74, 6) is 0.515. The van der Waals surface area contributed by atoms with Crippen LogP contribution in [0.15, 0.2) is 48.5 Å². The van der Waals surface area contributed by atoms with Crippen LogP contribution in [0.3, 0.4) is 0 Å². The van der Waals surface area contributed by atoms with Gasteiger partial charge in [0.15, 0.2) is 0 Å². The van der Waals surface area contributed by atoms with E-state index in [9.17, 15) is 23.1 Å². The summed E-state index contributed by atoms with van der Waals surface area (Å²) in [5.41, 5.74) is 1.65. The zero-order chi connectivity index (χ0) is 28.3. The number of ether oxygens (including phenoxy) is 2. The maximum atomic E-state index is 13.1. The van der Waals surface area contributed by atoms with Gasteiger partial charge in [0.1, 0.15) is 5.82 Å². The SMILES string of the molecule is Cc1ccc(NC(=O)c2cccc(C(F)(F)F)c2)cc1-c1cc(N2CCOCC2CO)nc(N2CCOCC2)n1. The molecule has 1 atom stereocenters. The number of amides is 1. The van der Waals surface area contributed by atoms with Crippen LogP contribution in [-0.2, 0) is 15.7 Å². The molecule has 1 aromatic heterocycles. The number of hydrogen-bond donors (Lipinski definition) is 2. The van der Waals surface area contributed by atoms with E-state index in [1.165, 1.54) is 12.1 Å². The molecule has 2 fully saturated rings. The fourth-order valence-electron chi connectivity index (χ4n) is 4.74. The lowest BCUT2D eigenvalue weighted by molar-refractivity contribution is -0.137. The van der Waals surface area contributed by atoms with Crippen LogP contribution in [0.2, 0.25) is 0 Å². The molecule has 3 aromatic rings. The van der Waals surface area contributed by atoms with Crippen molar-refractivity contribution in [3.63, 3.8) is 0 Å². The molecule has 0 aliphatic carbocycles. The first-order valence-corrected chi connectivity index (χ1v) is 13.0. The predicted molar refractivity (Wildman–Crippen MR) is 144 cm³/mol. The highest BCUT2D eigenvalue weighted by atomic mass is 19.4. The minimum absolute atomic E-state index is 0.0949. The number of carbonyl (C=O) groups is 1. The summed E-state index contributed by atoms with van der Waals surface area (Å²) in [6.45, 7) is 5.60. The number of aromatic nitrogens is 2. The van der Waals surface area contributed by atoms with Crippen molar-refractivity contribution >= 4 is 23.4 Å². The molecule has 12 heteroatoms. The quantitative estimate of drug-likeness (QED) is 0.473. The van der Waals surface area contributed by atoms with E-state index in [0.29, 0.717) is 69.2 Å². The molecule has 0 spiro atoms. The number of carbonyl (C=O) groups excluding carboxylic acids is 1. The highest BCUT2D eigenvalue weighted by Gasteiger charge is 2.31. The fraction of sp³-hybridized carbons (Fsp3) is 0.393. The number of morpholine rings is 2. The third-order valence-electron chi connectivity index (χ3n) is 6.95. The number of anilines is 3. The van der Waals surface area contributed by atoms with E-state index in [-0.39, 0.29) is 18.2 Å². The molecule has 2 N–H and O–H groups in total. The Labute approximate surface area is 229 Å². The zero-order valence-electron chi connectivity index (χ0n) is 21.9. The summed E-state index contributed by atoms with van der Waals surface area (Å²) in [7, 11) is 0. The van der Waals surface area contributed by atoms with Crippen molar-refractivity contribution in [2.75, 3.05) is 67.8 Å². The number of benzene rings is 2. The second-order valence-electron chi connectivity index (χ2n) is 9.68. The molecule has 1 unspecified atom stereocenters. The highest BCUT2D eigenvalue weighted by molar-refractivity contribution is 6.04. The Morgan fingerprint density at radius 2 is 1.82 bits per heavy atom. The van der Waals surface area contributed by atoms with E-state index in [4.69, 9.17) is 19.4 Å². The molecular formula is C28H30F3N5O4. The lowest BCUT2D eigenvalue weighted by Gasteiger charge is -2.36. The largest absolute Gasteiger partial charge is 0.416 e. The standard InChI is InChI=1S/C28H30F3N5O4/c1-18-5-6-21(32-26(38)19-3-2-4-20(13-19)28(29,30)31)14-23(18)24-15-25(36-9-12-40-17-22(36)16-37)34-27(33-24)35-7-10-39-11-8-35/h2-6,13-15,22,37H,7-12,16-17H2,1H3,(H,32,38). The highest BCUT2D eigenvalue weighted by Crippen LogP contribution is 2.32. The molecule has 2 aliphatic heterocycles. The van der Waals surface area contributed by atoms with Gasteiger partial charge in [-0.2, -0.15) is 18.2 Å². The molecule has 3 heterocycles. The Morgan fingerprint density at radius 1 is 1.05 bits per heavy atom. The van der Waals surface area contributed by atoms with Crippen LogP contribution in [0.5, 0.6) is 0 Å². The number of hydrogen-bond acceptors (Lipinski definition) is 8. The molecule has 2 aromatic carbocycles. The van der Waals surface area contributed by atoms with Crippen LogP contribution < -0.4 is 15.1 Å². The first kappa shape index (κ1) is 27.8. The number of nitrogens with one attached hydrogen (secondary N) is 1. The second-order valence-corrected chi connectivity index (χ2v) is 9.68. The molecule has 0 radical (unpaired) electrons. The first-order chi connectivity index (χ1) is 19.2. The van der Waals surface area contributed by atoms with E-state index in [1.54, 1.807) is 12.1 Å². The van der Waals surface area contributed by atoms with Crippen LogP contribution in [-0.4, -0.2) is 79.7 Å². The summed E-state index contributed by atoms with van der Waals surface area (Å²) in [6.07, 6.45) is -4.55. The summed E-state index contributed by atoms with van der Waals surface area (Å²) < 4.78 is 50.5. The predicted octanol–water partition coefficient (Wildman–Crippen LogP) is 3.76. The van der Waals surface area contributed by atoms with Crippen molar-refractivity contribution in [1.82, 2.24) is 9.97 Å². The lowest BCUT2D eigenvalue weighted by Crippen LogP contribution is -2.48. The molecule has 40 heavy (non-hydrogen) atoms. The number of nitrogens with zero attached hydrogens (tertiary/aromatic N) is 4. The van der Waals surface area contributed by atoms with Crippen molar-refractivity contribution in [2.45, 2.75) is 19.1 Å². The van der Waals surface area contributed by atoms with Gasteiger partial charge >= 0.3 is 6.18 Å². The Balaban J connectivity index is 1.49. The topological polar surface area (TPSA) is 100 Å². The minimum Gasteiger partial charge on any atom is -0.394 e. The summed E-state index contributed by atoms with van der Waals surface area (Å²) in [4.78, 5) is 26.6. The zero-order valence-corrected chi connectivity index (χ0v) is 21.9. The average molecular weight is 558 g/mol. The molecule has 2 saturated heterocycles. The van der Waals surface area contributed by atoms with E-state index < -0.39 is 17.6 Å². The van der Waals surface area contributed by atoms with Gasteiger partial charge in [0, 0.05) is 42.5 Å². The maximum Gasteiger partial charge on any atom is 0.416 e. The van der Waals surface area contributed by atoms with E-state index in [1.807, 2.05) is 28.9 Å². The molecule has 5 rings (SSSR count). The van der Waals surface area contributed by atoms with Crippen molar-refractivity contribution in [3.05, 3.63) is 65.2 Å². The van der Waals surface area contributed by atoms with Crippen LogP contribution >= 0.6 is 0 Å². The number of aryl methyl sites for hydroxylation is 1. The number of aliphatic hydroxyl groups is 1. The lowest BCUT2D eigenvalue weighted by atomic mass is 10.0.